The fraction of sp³-hybridized carbons (Fsp3) is 0.348. The monoisotopic (exact) mass is 505 g/mol. The van der Waals surface area contributed by atoms with Crippen LogP contribution in [-0.4, -0.2) is 50.0 Å². The Labute approximate surface area is 201 Å². The lowest BCUT2D eigenvalue weighted by molar-refractivity contribution is 0.0935. The molecule has 180 valence electrons. The number of aromatic amines is 1. The molecule has 34 heavy (non-hydrogen) atoms. The second kappa shape index (κ2) is 10.0. The molecule has 0 saturated heterocycles. The highest BCUT2D eigenvalue weighted by molar-refractivity contribution is 7.94. The maximum Gasteiger partial charge on any atom is 0.410 e. The molecule has 2 aromatic rings. The molecule has 0 unspecified atom stereocenters. The second-order valence-electron chi connectivity index (χ2n) is 8.29. The van der Waals surface area contributed by atoms with E-state index >= 15 is 0 Å². The van der Waals surface area contributed by atoms with E-state index < -0.39 is 27.4 Å². The van der Waals surface area contributed by atoms with Crippen molar-refractivity contribution in [3.63, 3.8) is 0 Å². The number of carbonyl (C=O) groups is 2. The Morgan fingerprint density at radius 3 is 2.68 bits per heavy atom. The van der Waals surface area contributed by atoms with Crippen LogP contribution in [0.2, 0.25) is 5.02 Å². The molecule has 1 aromatic carbocycles. The topological polar surface area (TPSA) is 126 Å². The number of halogens is 1. The number of hydrogen-bond donors (Lipinski definition) is 2. The third kappa shape index (κ3) is 5.87. The van der Waals surface area contributed by atoms with Gasteiger partial charge in [-0.25, -0.2) is 13.2 Å². The molecule has 0 atom stereocenters. The van der Waals surface area contributed by atoms with E-state index in [-0.39, 0.29) is 23.5 Å². The van der Waals surface area contributed by atoms with E-state index in [0.717, 1.165) is 18.2 Å². The zero-order valence-corrected chi connectivity index (χ0v) is 19.8. The van der Waals surface area contributed by atoms with Crippen LogP contribution in [-0.2, 0) is 27.5 Å². The molecule has 1 aliphatic heterocycles. The fourth-order valence-corrected chi connectivity index (χ4v) is 4.67. The number of hydrogen-bond acceptors (Lipinski definition) is 6. The molecule has 9 nitrogen and oxygen atoms in total. The number of aromatic nitrogens is 1. The van der Waals surface area contributed by atoms with Crippen molar-refractivity contribution in [1.82, 2.24) is 15.2 Å². The average molecular weight is 506 g/mol. The van der Waals surface area contributed by atoms with Crippen molar-refractivity contribution in [1.29, 1.82) is 0 Å². The van der Waals surface area contributed by atoms with Crippen molar-refractivity contribution in [3.8, 4) is 0 Å². The van der Waals surface area contributed by atoms with Crippen molar-refractivity contribution in [3.05, 3.63) is 74.0 Å². The van der Waals surface area contributed by atoms with Gasteiger partial charge in [0.05, 0.1) is 18.0 Å². The first-order valence-corrected chi connectivity index (χ1v) is 12.8. The highest BCUT2D eigenvalue weighted by atomic mass is 35.5. The molecule has 0 spiro atoms. The van der Waals surface area contributed by atoms with Gasteiger partial charge in [-0.15, -0.1) is 0 Å². The molecule has 1 fully saturated rings. The predicted molar refractivity (Wildman–Crippen MR) is 125 cm³/mol. The molecular formula is C23H24ClN3O6S. The Kier molecular flexibility index (Phi) is 7.08. The summed E-state index contributed by atoms with van der Waals surface area (Å²) in [5.41, 5.74) is 0.696. The van der Waals surface area contributed by atoms with Gasteiger partial charge in [0.2, 0.25) is 0 Å². The van der Waals surface area contributed by atoms with Crippen LogP contribution in [0.1, 0.15) is 34.5 Å². The zero-order valence-electron chi connectivity index (χ0n) is 18.3. The number of pyridine rings is 1. The Morgan fingerprint density at radius 1 is 1.24 bits per heavy atom. The van der Waals surface area contributed by atoms with Gasteiger partial charge in [-0.05, 0) is 54.7 Å². The van der Waals surface area contributed by atoms with Gasteiger partial charge < -0.3 is 19.9 Å². The quantitative estimate of drug-likeness (QED) is 0.596. The van der Waals surface area contributed by atoms with Gasteiger partial charge >= 0.3 is 6.09 Å². The molecule has 1 aliphatic carbocycles. The van der Waals surface area contributed by atoms with E-state index in [0.29, 0.717) is 41.8 Å². The van der Waals surface area contributed by atoms with Crippen LogP contribution in [0.3, 0.4) is 0 Å². The van der Waals surface area contributed by atoms with Crippen LogP contribution in [0.15, 0.2) is 51.5 Å². The van der Waals surface area contributed by atoms with E-state index in [2.05, 4.69) is 10.3 Å². The van der Waals surface area contributed by atoms with Crippen LogP contribution in [0, 0.1) is 5.92 Å². The first-order valence-electron chi connectivity index (χ1n) is 10.8. The molecule has 1 saturated carbocycles. The summed E-state index contributed by atoms with van der Waals surface area (Å²) in [6, 6.07) is 7.19. The lowest BCUT2D eigenvalue weighted by Crippen LogP contribution is -2.39. The van der Waals surface area contributed by atoms with Gasteiger partial charge in [0, 0.05) is 35.6 Å². The molecule has 4 rings (SSSR count). The highest BCUT2D eigenvalue weighted by Crippen LogP contribution is 2.29. The maximum absolute atomic E-state index is 12.5. The summed E-state index contributed by atoms with van der Waals surface area (Å²) in [7, 11) is -3.69. The number of ether oxygens (including phenoxy) is 1. The largest absolute Gasteiger partial charge is 0.449 e. The Bertz CT molecular complexity index is 1280. The van der Waals surface area contributed by atoms with Crippen molar-refractivity contribution in [2.45, 2.75) is 30.7 Å². The van der Waals surface area contributed by atoms with Crippen molar-refractivity contribution in [2.75, 3.05) is 19.7 Å². The molecule has 1 aromatic heterocycles. The van der Waals surface area contributed by atoms with Crippen LogP contribution >= 0.6 is 11.6 Å². The van der Waals surface area contributed by atoms with E-state index in [4.69, 9.17) is 16.3 Å². The first-order chi connectivity index (χ1) is 16.2. The second-order valence-corrected chi connectivity index (χ2v) is 10.6. The highest BCUT2D eigenvalue weighted by Gasteiger charge is 2.27. The third-order valence-electron chi connectivity index (χ3n) is 5.65. The van der Waals surface area contributed by atoms with Crippen molar-refractivity contribution >= 4 is 33.4 Å². The SMILES string of the molecule is O=C(NC/C=C/S(=O)(=O)c1ccc(Cl)cc1)c1cc2c([nH]c1=O)CCN(C(=O)OCC1CC1)C2. The molecule has 11 heteroatoms. The van der Waals surface area contributed by atoms with Gasteiger partial charge in [-0.3, -0.25) is 9.59 Å². The number of sulfone groups is 1. The summed E-state index contributed by atoms with van der Waals surface area (Å²) in [5, 5.41) is 3.92. The molecule has 2 heterocycles. The van der Waals surface area contributed by atoms with Crippen LogP contribution in [0.4, 0.5) is 4.79 Å². The van der Waals surface area contributed by atoms with E-state index in [9.17, 15) is 22.8 Å². The van der Waals surface area contributed by atoms with Gasteiger partial charge in [0.15, 0.2) is 9.84 Å². The van der Waals surface area contributed by atoms with Gasteiger partial charge in [0.25, 0.3) is 11.5 Å². The normalized spacial score (nSPS) is 15.7. The summed E-state index contributed by atoms with van der Waals surface area (Å²) < 4.78 is 29.9. The Morgan fingerprint density at radius 2 is 1.97 bits per heavy atom. The molecule has 2 N–H and O–H groups in total. The van der Waals surface area contributed by atoms with E-state index in [1.165, 1.54) is 36.4 Å². The third-order valence-corrected chi connectivity index (χ3v) is 7.38. The number of benzene rings is 1. The average Bonchev–Trinajstić information content (AvgIpc) is 3.64. The van der Waals surface area contributed by atoms with Crippen LogP contribution in [0.25, 0.3) is 0 Å². The molecule has 2 amide bonds. The summed E-state index contributed by atoms with van der Waals surface area (Å²) >= 11 is 5.78. The van der Waals surface area contributed by atoms with E-state index in [1.54, 1.807) is 4.90 Å². The number of carbonyl (C=O) groups excluding carboxylic acids is 2. The minimum absolute atomic E-state index is 0.0748. The van der Waals surface area contributed by atoms with Gasteiger partial charge in [-0.2, -0.15) is 0 Å². The summed E-state index contributed by atoms with van der Waals surface area (Å²) in [5.74, 6) is -0.186. The van der Waals surface area contributed by atoms with Crippen LogP contribution in [0.5, 0.6) is 0 Å². The molecule has 2 aliphatic rings. The zero-order chi connectivity index (χ0) is 24.3. The maximum atomic E-state index is 12.5. The Hall–Kier alpha value is -3.11. The molecule has 0 bridgehead atoms. The van der Waals surface area contributed by atoms with Gasteiger partial charge in [-0.1, -0.05) is 17.7 Å². The fourth-order valence-electron chi connectivity index (χ4n) is 3.52. The predicted octanol–water partition coefficient (Wildman–Crippen LogP) is 2.65. The number of nitrogens with one attached hydrogen (secondary N) is 2. The Balaban J connectivity index is 1.37. The minimum atomic E-state index is -3.69. The number of fused-ring (bicyclic) bond motifs is 1. The molecular weight excluding hydrogens is 482 g/mol. The van der Waals surface area contributed by atoms with Gasteiger partial charge in [0.1, 0.15) is 5.56 Å². The smallest absolute Gasteiger partial charge is 0.410 e. The van der Waals surface area contributed by atoms with E-state index in [1.807, 2.05) is 0 Å². The first kappa shape index (κ1) is 24.0. The minimum Gasteiger partial charge on any atom is -0.449 e. The number of H-pyrrole nitrogens is 1. The molecule has 0 radical (unpaired) electrons. The summed E-state index contributed by atoms with van der Waals surface area (Å²) in [6.45, 7) is 0.977. The standard InChI is InChI=1S/C23H24ClN3O6S/c24-17-4-6-18(7-5-17)34(31,32)11-1-9-25-21(28)19-12-16-13-27(10-8-20(16)26-22(19)29)23(30)33-14-15-2-3-15/h1,4-7,11-12,15H,2-3,8-10,13-14H2,(H,25,28)(H,26,29)/b11-1+. The number of rotatable bonds is 7. The number of amides is 2. The lowest BCUT2D eigenvalue weighted by Gasteiger charge is -2.28. The van der Waals surface area contributed by atoms with Crippen LogP contribution < -0.4 is 10.9 Å². The lowest BCUT2D eigenvalue weighted by atomic mass is 10.0. The summed E-state index contributed by atoms with van der Waals surface area (Å²) in [6.07, 6.45) is 3.50. The summed E-state index contributed by atoms with van der Waals surface area (Å²) in [4.78, 5) is 41.6. The van der Waals surface area contributed by atoms with Crippen molar-refractivity contribution in [2.24, 2.45) is 5.92 Å². The van der Waals surface area contributed by atoms with Crippen molar-refractivity contribution < 1.29 is 22.7 Å². The number of nitrogens with zero attached hydrogens (tertiary/aromatic N) is 1.